The molecule has 0 aliphatic rings. The Morgan fingerprint density at radius 1 is 0.349 bits per heavy atom. The van der Waals surface area contributed by atoms with Crippen LogP contribution in [0.3, 0.4) is 0 Å². The van der Waals surface area contributed by atoms with Gasteiger partial charge in [-0.25, -0.2) is 15.0 Å². The summed E-state index contributed by atoms with van der Waals surface area (Å²) in [6.07, 6.45) is 0. The van der Waals surface area contributed by atoms with Crippen molar-refractivity contribution in [3.63, 3.8) is 0 Å². The molecule has 0 atom stereocenters. The number of aromatic nitrogens is 4. The zero-order valence-electron chi connectivity index (χ0n) is 33.6. The monoisotopic (exact) mass is 820 g/mol. The van der Waals surface area contributed by atoms with E-state index in [-0.39, 0.29) is 0 Å². The lowest BCUT2D eigenvalue weighted by atomic mass is 10.0. The summed E-state index contributed by atoms with van der Waals surface area (Å²) in [4.78, 5) is 15.8. The fraction of sp³-hybridized carbons (Fsp3) is 0. The average Bonchev–Trinajstić information content (AvgIpc) is 4.02. The number of thiophene rings is 1. The number of nitrogens with zero attached hydrogens (tertiary/aromatic N) is 4. The van der Waals surface area contributed by atoms with Gasteiger partial charge < -0.3 is 8.98 Å². The third-order valence-electron chi connectivity index (χ3n) is 12.8. The van der Waals surface area contributed by atoms with Crippen LogP contribution >= 0.6 is 11.3 Å². The first-order valence-electron chi connectivity index (χ1n) is 21.2. The normalized spacial score (nSPS) is 12.1. The molecule has 4 heterocycles. The molecule has 14 rings (SSSR count). The largest absolute Gasteiger partial charge is 0.453 e. The molecule has 0 fully saturated rings. The fourth-order valence-electron chi connectivity index (χ4n) is 9.83. The van der Waals surface area contributed by atoms with Crippen molar-refractivity contribution in [1.82, 2.24) is 19.5 Å². The molecule has 14 aromatic rings. The molecule has 0 aliphatic carbocycles. The molecule has 0 unspecified atom stereocenters. The summed E-state index contributed by atoms with van der Waals surface area (Å²) >= 11 is 1.79. The molecule has 292 valence electrons. The predicted molar refractivity (Wildman–Crippen MR) is 263 cm³/mol. The van der Waals surface area contributed by atoms with Crippen LogP contribution in [-0.2, 0) is 0 Å². The number of fused-ring (bicyclic) bond motifs is 14. The second-order valence-electron chi connectivity index (χ2n) is 16.4. The van der Waals surface area contributed by atoms with Crippen LogP contribution in [0.25, 0.3) is 136 Å². The number of hydrogen-bond acceptors (Lipinski definition) is 5. The van der Waals surface area contributed by atoms with Crippen molar-refractivity contribution >= 4 is 108 Å². The zero-order valence-corrected chi connectivity index (χ0v) is 34.4. The van der Waals surface area contributed by atoms with E-state index in [4.69, 9.17) is 19.4 Å². The van der Waals surface area contributed by atoms with E-state index < -0.39 is 0 Å². The van der Waals surface area contributed by atoms with Crippen molar-refractivity contribution in [1.29, 1.82) is 0 Å². The topological polar surface area (TPSA) is 56.7 Å². The van der Waals surface area contributed by atoms with Gasteiger partial charge in [0.15, 0.2) is 23.1 Å². The van der Waals surface area contributed by atoms with Crippen LogP contribution in [-0.4, -0.2) is 19.5 Å². The molecule has 6 heteroatoms. The smallest absolute Gasteiger partial charge is 0.164 e. The minimum atomic E-state index is 0.588. The fourth-order valence-corrected chi connectivity index (χ4v) is 11.0. The third kappa shape index (κ3) is 5.19. The van der Waals surface area contributed by atoms with E-state index >= 15 is 0 Å². The molecule has 0 bridgehead atoms. The molecular weight excluding hydrogens is 789 g/mol. The summed E-state index contributed by atoms with van der Waals surface area (Å²) in [6, 6.07) is 69.1. The average molecular weight is 821 g/mol. The molecule has 4 aromatic heterocycles. The Hall–Kier alpha value is -8.19. The van der Waals surface area contributed by atoms with Crippen molar-refractivity contribution in [3.8, 4) is 39.9 Å². The lowest BCUT2D eigenvalue weighted by Gasteiger charge is -2.13. The van der Waals surface area contributed by atoms with Crippen molar-refractivity contribution in [2.24, 2.45) is 0 Å². The standard InChI is InChI=1S/C57H32N4OS/c1-2-14-35(15-3-1)55-58-56(38-23-25-43-42-20-10-11-21-50(42)63-51(43)32-38)60-57(59-55)39-29-45-44-26-22-34-13-7-9-19-41(34)53(44)62-54(45)49(31-39)61-47-27-24-33-12-6-8-18-40(33)52(47)46-28-36-16-4-5-17-37(36)30-48(46)61/h1-32H. The number of furan rings is 1. The lowest BCUT2D eigenvalue weighted by molar-refractivity contribution is 0.670. The van der Waals surface area contributed by atoms with Crippen molar-refractivity contribution in [2.45, 2.75) is 0 Å². The van der Waals surface area contributed by atoms with Crippen LogP contribution in [0.2, 0.25) is 0 Å². The molecule has 10 aromatic carbocycles. The summed E-state index contributed by atoms with van der Waals surface area (Å²) in [7, 11) is 0. The molecule has 0 N–H and O–H groups in total. The van der Waals surface area contributed by atoms with E-state index in [1.54, 1.807) is 11.3 Å². The van der Waals surface area contributed by atoms with Gasteiger partial charge in [0.2, 0.25) is 0 Å². The summed E-state index contributed by atoms with van der Waals surface area (Å²) in [5.74, 6) is 1.83. The Bertz CT molecular complexity index is 4220. The summed E-state index contributed by atoms with van der Waals surface area (Å²) < 4.78 is 12.0. The van der Waals surface area contributed by atoms with Crippen LogP contribution in [0, 0.1) is 0 Å². The maximum Gasteiger partial charge on any atom is 0.164 e. The quantitative estimate of drug-likeness (QED) is 0.177. The van der Waals surface area contributed by atoms with Crippen molar-refractivity contribution < 1.29 is 4.42 Å². The van der Waals surface area contributed by atoms with E-state index in [2.05, 4.69) is 180 Å². The molecule has 0 radical (unpaired) electrons. The predicted octanol–water partition coefficient (Wildman–Crippen LogP) is 15.7. The molecule has 5 nitrogen and oxygen atoms in total. The van der Waals surface area contributed by atoms with Gasteiger partial charge in [0.25, 0.3) is 0 Å². The first-order chi connectivity index (χ1) is 31.2. The molecular formula is C57H32N4OS. The van der Waals surface area contributed by atoms with Crippen LogP contribution in [0.5, 0.6) is 0 Å². The van der Waals surface area contributed by atoms with E-state index in [9.17, 15) is 0 Å². The number of rotatable bonds is 4. The minimum absolute atomic E-state index is 0.588. The Kier molecular flexibility index (Phi) is 7.21. The van der Waals surface area contributed by atoms with Crippen LogP contribution in [0.1, 0.15) is 0 Å². The van der Waals surface area contributed by atoms with Gasteiger partial charge in [-0.05, 0) is 75.5 Å². The molecule has 0 aliphatic heterocycles. The zero-order chi connectivity index (χ0) is 41.2. The van der Waals surface area contributed by atoms with E-state index in [1.807, 2.05) is 18.2 Å². The van der Waals surface area contributed by atoms with E-state index in [1.165, 1.54) is 52.5 Å². The second-order valence-corrected chi connectivity index (χ2v) is 17.4. The van der Waals surface area contributed by atoms with E-state index in [0.717, 1.165) is 66.1 Å². The third-order valence-corrected chi connectivity index (χ3v) is 13.9. The Balaban J connectivity index is 1.10. The molecule has 0 saturated heterocycles. The van der Waals surface area contributed by atoms with Crippen molar-refractivity contribution in [2.75, 3.05) is 0 Å². The van der Waals surface area contributed by atoms with Gasteiger partial charge in [0.1, 0.15) is 5.58 Å². The molecule has 63 heavy (non-hydrogen) atoms. The summed E-state index contributed by atoms with van der Waals surface area (Å²) in [5, 5.41) is 13.9. The van der Waals surface area contributed by atoms with E-state index in [0.29, 0.717) is 17.5 Å². The van der Waals surface area contributed by atoms with Gasteiger partial charge in [-0.3, -0.25) is 0 Å². The highest BCUT2D eigenvalue weighted by atomic mass is 32.1. The number of benzene rings is 10. The first-order valence-corrected chi connectivity index (χ1v) is 22.0. The van der Waals surface area contributed by atoms with Gasteiger partial charge in [-0.1, -0.05) is 146 Å². The Morgan fingerprint density at radius 3 is 1.79 bits per heavy atom. The van der Waals surface area contributed by atoms with Crippen molar-refractivity contribution in [3.05, 3.63) is 194 Å². The van der Waals surface area contributed by atoms with Crippen LogP contribution in [0.15, 0.2) is 199 Å². The highest BCUT2D eigenvalue weighted by molar-refractivity contribution is 7.25. The second kappa shape index (κ2) is 13.2. The highest BCUT2D eigenvalue weighted by Crippen LogP contribution is 2.45. The summed E-state index contributed by atoms with van der Waals surface area (Å²) in [6.45, 7) is 0. The van der Waals surface area contributed by atoms with Gasteiger partial charge in [0, 0.05) is 63.8 Å². The molecule has 0 amide bonds. The van der Waals surface area contributed by atoms with Gasteiger partial charge in [0.05, 0.1) is 16.7 Å². The van der Waals surface area contributed by atoms with Gasteiger partial charge in [-0.15, -0.1) is 11.3 Å². The molecule has 0 saturated carbocycles. The highest BCUT2D eigenvalue weighted by Gasteiger charge is 2.23. The minimum Gasteiger partial charge on any atom is -0.453 e. The van der Waals surface area contributed by atoms with Crippen LogP contribution < -0.4 is 0 Å². The maximum absolute atomic E-state index is 7.16. The SMILES string of the molecule is c1ccc(-c2nc(-c3ccc4c(c3)sc3ccccc34)nc(-c3cc(-n4c5cc6ccccc6cc5c5c6ccccc6ccc54)c4oc5c6ccccc6ccc5c4c3)n2)cc1. The van der Waals surface area contributed by atoms with Gasteiger partial charge >= 0.3 is 0 Å². The van der Waals surface area contributed by atoms with Crippen LogP contribution in [0.4, 0.5) is 0 Å². The summed E-state index contributed by atoms with van der Waals surface area (Å²) in [5.41, 5.74) is 7.51. The molecule has 0 spiro atoms. The van der Waals surface area contributed by atoms with Gasteiger partial charge in [-0.2, -0.15) is 0 Å². The lowest BCUT2D eigenvalue weighted by Crippen LogP contribution is -2.01. The first kappa shape index (κ1) is 34.5. The maximum atomic E-state index is 7.16. The Labute approximate surface area is 363 Å². The Morgan fingerprint density at radius 2 is 0.968 bits per heavy atom. The number of hydrogen-bond donors (Lipinski definition) is 0.